The quantitative estimate of drug-likeness (QED) is 0.537. The number of aromatic amines is 1. The van der Waals surface area contributed by atoms with Crippen molar-refractivity contribution in [3.63, 3.8) is 0 Å². The third-order valence-corrected chi connectivity index (χ3v) is 4.52. The maximum absolute atomic E-state index is 13.9. The first kappa shape index (κ1) is 18.6. The Morgan fingerprint density at radius 3 is 2.66 bits per heavy atom. The van der Waals surface area contributed by atoms with Crippen LogP contribution in [-0.2, 0) is 6.61 Å². The summed E-state index contributed by atoms with van der Waals surface area (Å²) in [6.07, 6.45) is 3.19. The molecule has 0 spiro atoms. The summed E-state index contributed by atoms with van der Waals surface area (Å²) in [6.45, 7) is 3.18. The lowest BCUT2D eigenvalue weighted by Crippen LogP contribution is -2.16. The summed E-state index contributed by atoms with van der Waals surface area (Å²) in [4.78, 5) is 17.2. The van der Waals surface area contributed by atoms with Crippen molar-refractivity contribution in [3.05, 3.63) is 77.0 Å². The minimum absolute atomic E-state index is 0.175. The Bertz CT molecular complexity index is 1190. The first-order valence-electron chi connectivity index (χ1n) is 8.80. The number of amides is 1. The highest BCUT2D eigenvalue weighted by Crippen LogP contribution is 2.25. The molecule has 1 aromatic carbocycles. The molecule has 0 fully saturated rings. The van der Waals surface area contributed by atoms with E-state index in [-0.39, 0.29) is 18.1 Å². The fraction of sp³-hybridized carbons (Fsp3) is 0.150. The second-order valence-electron chi connectivity index (χ2n) is 6.46. The number of nitrogens with zero attached hydrogens (tertiary/aromatic N) is 3. The first-order chi connectivity index (χ1) is 14.0. The molecule has 0 radical (unpaired) electrons. The van der Waals surface area contributed by atoms with E-state index in [2.05, 4.69) is 20.5 Å². The van der Waals surface area contributed by atoms with Gasteiger partial charge in [-0.05, 0) is 38.1 Å². The summed E-state index contributed by atoms with van der Waals surface area (Å²) in [5, 5.41) is 9.42. The molecule has 0 unspecified atom stereocenters. The van der Waals surface area contributed by atoms with Crippen molar-refractivity contribution in [1.29, 1.82) is 0 Å². The average molecular weight is 397 g/mol. The largest absolute Gasteiger partial charge is 0.485 e. The predicted molar refractivity (Wildman–Crippen MR) is 102 cm³/mol. The summed E-state index contributed by atoms with van der Waals surface area (Å²) in [5.74, 6) is -1.44. The predicted octanol–water partition coefficient (Wildman–Crippen LogP) is 3.78. The maximum Gasteiger partial charge on any atom is 0.274 e. The second kappa shape index (κ2) is 7.34. The van der Waals surface area contributed by atoms with Crippen LogP contribution in [0.15, 0.2) is 42.7 Å². The zero-order valence-corrected chi connectivity index (χ0v) is 15.7. The van der Waals surface area contributed by atoms with Gasteiger partial charge in [0.25, 0.3) is 5.91 Å². The number of ether oxygens (including phenoxy) is 1. The smallest absolute Gasteiger partial charge is 0.274 e. The summed E-state index contributed by atoms with van der Waals surface area (Å²) in [7, 11) is 0. The zero-order chi connectivity index (χ0) is 20.5. The van der Waals surface area contributed by atoms with Gasteiger partial charge < -0.3 is 10.1 Å². The maximum atomic E-state index is 13.9. The molecule has 2 N–H and O–H groups in total. The molecule has 3 heterocycles. The summed E-state index contributed by atoms with van der Waals surface area (Å²) >= 11 is 0. The third kappa shape index (κ3) is 3.42. The van der Waals surface area contributed by atoms with E-state index < -0.39 is 11.6 Å². The number of hydrogen-bond donors (Lipinski definition) is 2. The molecule has 148 valence electrons. The minimum atomic E-state index is -0.688. The number of H-pyrrole nitrogens is 1. The van der Waals surface area contributed by atoms with Crippen LogP contribution in [-0.4, -0.2) is 25.5 Å². The highest BCUT2D eigenvalue weighted by molar-refractivity contribution is 6.04. The fourth-order valence-corrected chi connectivity index (χ4v) is 3.02. The van der Waals surface area contributed by atoms with Gasteiger partial charge in [-0.3, -0.25) is 14.3 Å². The van der Waals surface area contributed by atoms with Gasteiger partial charge in [0.1, 0.15) is 23.9 Å². The van der Waals surface area contributed by atoms with Crippen LogP contribution in [0.4, 0.5) is 14.5 Å². The van der Waals surface area contributed by atoms with E-state index >= 15 is 0 Å². The molecule has 0 saturated carbocycles. The molecular weight excluding hydrogens is 380 g/mol. The van der Waals surface area contributed by atoms with Gasteiger partial charge in [0.15, 0.2) is 11.4 Å². The number of nitrogens with one attached hydrogen (secondary N) is 2. The van der Waals surface area contributed by atoms with Crippen molar-refractivity contribution >= 4 is 17.2 Å². The topological polar surface area (TPSA) is 84.3 Å². The van der Waals surface area contributed by atoms with Crippen molar-refractivity contribution < 1.29 is 18.3 Å². The van der Waals surface area contributed by atoms with Crippen LogP contribution >= 0.6 is 0 Å². The van der Waals surface area contributed by atoms with E-state index in [1.807, 2.05) is 0 Å². The Hall–Kier alpha value is -3.75. The molecule has 4 aromatic rings. The Labute approximate surface area is 164 Å². The number of anilines is 1. The van der Waals surface area contributed by atoms with Crippen molar-refractivity contribution in [3.8, 4) is 5.75 Å². The summed E-state index contributed by atoms with van der Waals surface area (Å²) < 4.78 is 34.9. The Morgan fingerprint density at radius 1 is 1.21 bits per heavy atom. The van der Waals surface area contributed by atoms with Crippen LogP contribution < -0.4 is 10.1 Å². The van der Waals surface area contributed by atoms with E-state index in [9.17, 15) is 13.6 Å². The first-order valence-corrected chi connectivity index (χ1v) is 8.80. The normalized spacial score (nSPS) is 11.0. The zero-order valence-electron chi connectivity index (χ0n) is 15.7. The number of halogens is 2. The Morgan fingerprint density at radius 2 is 1.97 bits per heavy atom. The molecule has 0 atom stereocenters. The molecule has 7 nitrogen and oxygen atoms in total. The molecule has 4 rings (SSSR count). The molecule has 0 aliphatic heterocycles. The van der Waals surface area contributed by atoms with Gasteiger partial charge in [0, 0.05) is 6.20 Å². The number of aromatic nitrogens is 4. The lowest BCUT2D eigenvalue weighted by atomic mass is 10.2. The van der Waals surface area contributed by atoms with Crippen LogP contribution in [0.1, 0.15) is 27.4 Å². The molecule has 9 heteroatoms. The number of aryl methyl sites for hydroxylation is 2. The Kier molecular flexibility index (Phi) is 4.71. The van der Waals surface area contributed by atoms with Gasteiger partial charge in [-0.25, -0.2) is 13.8 Å². The number of rotatable bonds is 5. The van der Waals surface area contributed by atoms with Crippen molar-refractivity contribution in [2.45, 2.75) is 20.5 Å². The molecular formula is C20H17F2N5O2. The molecule has 0 aliphatic rings. The van der Waals surface area contributed by atoms with Crippen molar-refractivity contribution in [2.24, 2.45) is 0 Å². The SMILES string of the molecule is Cc1nc2c(OCc3c(F)cccc3F)cccn2c1C(=O)Nc1cn[nH]c1C. The number of benzene rings is 1. The minimum Gasteiger partial charge on any atom is -0.485 e. The lowest BCUT2D eigenvalue weighted by Gasteiger charge is -2.10. The fourth-order valence-electron chi connectivity index (χ4n) is 3.02. The van der Waals surface area contributed by atoms with Crippen LogP contribution in [0.5, 0.6) is 5.75 Å². The lowest BCUT2D eigenvalue weighted by molar-refractivity contribution is 0.102. The molecule has 0 saturated heterocycles. The van der Waals surface area contributed by atoms with Gasteiger partial charge in [-0.15, -0.1) is 0 Å². The number of imidazole rings is 1. The number of carbonyl (C=O) groups is 1. The van der Waals surface area contributed by atoms with Crippen LogP contribution in [0, 0.1) is 25.5 Å². The van der Waals surface area contributed by atoms with Crippen LogP contribution in [0.2, 0.25) is 0 Å². The van der Waals surface area contributed by atoms with Gasteiger partial charge >= 0.3 is 0 Å². The van der Waals surface area contributed by atoms with E-state index in [0.717, 1.165) is 5.69 Å². The molecule has 1 amide bonds. The number of carbonyl (C=O) groups excluding carboxylic acids is 1. The van der Waals surface area contributed by atoms with E-state index in [4.69, 9.17) is 4.74 Å². The average Bonchev–Trinajstić information content (AvgIpc) is 3.23. The third-order valence-electron chi connectivity index (χ3n) is 4.52. The number of fused-ring (bicyclic) bond motifs is 1. The number of pyridine rings is 1. The molecule has 29 heavy (non-hydrogen) atoms. The van der Waals surface area contributed by atoms with Crippen LogP contribution in [0.3, 0.4) is 0 Å². The molecule has 0 aliphatic carbocycles. The van der Waals surface area contributed by atoms with Crippen molar-refractivity contribution in [2.75, 3.05) is 5.32 Å². The van der Waals surface area contributed by atoms with Gasteiger partial charge in [0.05, 0.1) is 28.8 Å². The van der Waals surface area contributed by atoms with Crippen LogP contribution in [0.25, 0.3) is 5.65 Å². The monoisotopic (exact) mass is 397 g/mol. The second-order valence-corrected chi connectivity index (χ2v) is 6.46. The van der Waals surface area contributed by atoms with E-state index in [1.54, 1.807) is 36.6 Å². The van der Waals surface area contributed by atoms with E-state index in [1.165, 1.54) is 24.4 Å². The highest BCUT2D eigenvalue weighted by atomic mass is 19.1. The van der Waals surface area contributed by atoms with Gasteiger partial charge in [0.2, 0.25) is 0 Å². The number of hydrogen-bond acceptors (Lipinski definition) is 4. The highest BCUT2D eigenvalue weighted by Gasteiger charge is 2.20. The molecule has 0 bridgehead atoms. The molecule has 3 aromatic heterocycles. The summed E-state index contributed by atoms with van der Waals surface area (Å²) in [5.41, 5.74) is 2.29. The van der Waals surface area contributed by atoms with Gasteiger partial charge in [-0.1, -0.05) is 6.07 Å². The van der Waals surface area contributed by atoms with Gasteiger partial charge in [-0.2, -0.15) is 5.10 Å². The standard InChI is InChI=1S/C20H17F2N5O2/c1-11-16(9-23-26-11)25-20(28)18-12(2)24-19-17(7-4-8-27(18)19)29-10-13-14(21)5-3-6-15(13)22/h3-9H,10H2,1-2H3,(H,23,26)(H,25,28). The van der Waals surface area contributed by atoms with E-state index in [0.29, 0.717) is 28.5 Å². The Balaban J connectivity index is 1.65. The van der Waals surface area contributed by atoms with Crippen molar-refractivity contribution in [1.82, 2.24) is 19.6 Å². The summed E-state index contributed by atoms with van der Waals surface area (Å²) in [6, 6.07) is 6.92.